The fourth-order valence-electron chi connectivity index (χ4n) is 1.74. The van der Waals surface area contributed by atoms with E-state index < -0.39 is 46.7 Å². The summed E-state index contributed by atoms with van der Waals surface area (Å²) in [5.74, 6) is -1.22. The Hall–Kier alpha value is -2.65. The summed E-state index contributed by atoms with van der Waals surface area (Å²) in [6, 6.07) is 2.26. The van der Waals surface area contributed by atoms with E-state index in [-0.39, 0.29) is 4.57 Å². The molecule has 6 nitrogen and oxygen atoms in total. The van der Waals surface area contributed by atoms with Crippen LogP contribution < -0.4 is 17.1 Å². The minimum absolute atomic E-state index is 0.259. The van der Waals surface area contributed by atoms with Gasteiger partial charge in [-0.2, -0.15) is 13.2 Å². The van der Waals surface area contributed by atoms with Crippen LogP contribution in [0.3, 0.4) is 0 Å². The van der Waals surface area contributed by atoms with Gasteiger partial charge in [0, 0.05) is 5.56 Å². The highest BCUT2D eigenvalue weighted by Gasteiger charge is 2.34. The number of aromatic amines is 2. The molecule has 0 saturated heterocycles. The highest BCUT2D eigenvalue weighted by atomic mass is 19.4. The lowest BCUT2D eigenvalue weighted by Gasteiger charge is -2.13. The molecule has 0 atom stereocenters. The van der Waals surface area contributed by atoms with Crippen molar-refractivity contribution < 1.29 is 17.6 Å². The van der Waals surface area contributed by atoms with E-state index in [9.17, 15) is 31.9 Å². The van der Waals surface area contributed by atoms with Crippen LogP contribution >= 0.6 is 0 Å². The molecule has 10 heteroatoms. The van der Waals surface area contributed by atoms with Crippen LogP contribution in [0.15, 0.2) is 32.6 Å². The molecule has 2 rings (SSSR count). The van der Waals surface area contributed by atoms with E-state index in [0.29, 0.717) is 6.07 Å². The van der Waals surface area contributed by atoms with Gasteiger partial charge >= 0.3 is 23.2 Å². The Balaban J connectivity index is 2.63. The van der Waals surface area contributed by atoms with Gasteiger partial charge in [-0.25, -0.2) is 23.3 Å². The largest absolute Gasteiger partial charge is 0.416 e. The van der Waals surface area contributed by atoms with Crippen molar-refractivity contribution in [3.63, 3.8) is 0 Å². The number of halogens is 4. The fourth-order valence-corrected chi connectivity index (χ4v) is 1.74. The van der Waals surface area contributed by atoms with E-state index >= 15 is 0 Å². The first-order chi connectivity index (χ1) is 9.70. The van der Waals surface area contributed by atoms with Crippen molar-refractivity contribution >= 4 is 0 Å². The summed E-state index contributed by atoms with van der Waals surface area (Å²) in [6.07, 6.45) is -4.85. The number of H-pyrrole nitrogens is 2. The molecule has 0 spiro atoms. The molecule has 0 aliphatic carbocycles. The summed E-state index contributed by atoms with van der Waals surface area (Å²) < 4.78 is 52.3. The number of nitrogens with one attached hydrogen (secondary N) is 2. The predicted octanol–water partition coefficient (Wildman–Crippen LogP) is 0.431. The molecule has 0 fully saturated rings. The zero-order valence-electron chi connectivity index (χ0n) is 10.1. The number of hydrogen-bond donors (Lipinski definition) is 2. The molecule has 112 valence electrons. The maximum absolute atomic E-state index is 13.6. The molecule has 0 amide bonds. The average Bonchev–Trinajstić information content (AvgIpc) is 2.33. The van der Waals surface area contributed by atoms with Crippen LogP contribution in [0.1, 0.15) is 11.1 Å². The number of aromatic nitrogens is 3. The van der Waals surface area contributed by atoms with Gasteiger partial charge in [-0.05, 0) is 12.1 Å². The molecule has 21 heavy (non-hydrogen) atoms. The van der Waals surface area contributed by atoms with Gasteiger partial charge in [-0.3, -0.25) is 9.97 Å². The van der Waals surface area contributed by atoms with E-state index in [4.69, 9.17) is 0 Å². The second-order valence-electron chi connectivity index (χ2n) is 4.04. The molecule has 1 heterocycles. The van der Waals surface area contributed by atoms with E-state index in [1.165, 1.54) is 0 Å². The summed E-state index contributed by atoms with van der Waals surface area (Å²) in [5.41, 5.74) is -5.75. The van der Waals surface area contributed by atoms with Crippen LogP contribution in [0.2, 0.25) is 0 Å². The maximum atomic E-state index is 13.6. The van der Waals surface area contributed by atoms with Crippen LogP contribution in [0.4, 0.5) is 17.6 Å². The summed E-state index contributed by atoms with van der Waals surface area (Å²) in [5, 5.41) is 0. The fraction of sp³-hybridized carbons (Fsp3) is 0.182. The third-order valence-electron chi connectivity index (χ3n) is 2.67. The first kappa shape index (κ1) is 14.8. The third kappa shape index (κ3) is 2.93. The standard InChI is InChI=1S/C11H7F4N3O3/c12-7-3-1-2-6(11(13,14)15)5(7)4-18-9(20)16-8(19)17-10(18)21/h1-3H,4H2,(H2,16,17,19,20,21). The molecule has 2 aromatic rings. The minimum Gasteiger partial charge on any atom is -0.259 e. The Morgan fingerprint density at radius 1 is 1.05 bits per heavy atom. The molecular weight excluding hydrogens is 298 g/mol. The zero-order valence-corrected chi connectivity index (χ0v) is 10.1. The van der Waals surface area contributed by atoms with Gasteiger partial charge in [0.25, 0.3) is 0 Å². The Morgan fingerprint density at radius 3 is 2.14 bits per heavy atom. The first-order valence-electron chi connectivity index (χ1n) is 5.48. The normalized spacial score (nSPS) is 11.6. The van der Waals surface area contributed by atoms with Crippen LogP contribution in [0, 0.1) is 5.82 Å². The van der Waals surface area contributed by atoms with Crippen LogP contribution in [0.25, 0.3) is 0 Å². The van der Waals surface area contributed by atoms with E-state index in [1.54, 1.807) is 9.97 Å². The quantitative estimate of drug-likeness (QED) is 0.789. The lowest BCUT2D eigenvalue weighted by Crippen LogP contribution is -2.43. The van der Waals surface area contributed by atoms with Gasteiger partial charge in [0.15, 0.2) is 0 Å². The zero-order chi connectivity index (χ0) is 15.8. The highest BCUT2D eigenvalue weighted by Crippen LogP contribution is 2.33. The van der Waals surface area contributed by atoms with Gasteiger partial charge in [0.05, 0.1) is 12.1 Å². The summed E-state index contributed by atoms with van der Waals surface area (Å²) >= 11 is 0. The van der Waals surface area contributed by atoms with Crippen LogP contribution in [-0.4, -0.2) is 14.5 Å². The molecule has 0 bridgehead atoms. The molecular formula is C11H7F4N3O3. The molecule has 0 aliphatic heterocycles. The summed E-state index contributed by atoms with van der Waals surface area (Å²) in [7, 11) is 0. The molecule has 1 aromatic carbocycles. The smallest absolute Gasteiger partial charge is 0.259 e. The minimum atomic E-state index is -4.85. The van der Waals surface area contributed by atoms with Crippen molar-refractivity contribution in [2.45, 2.75) is 12.7 Å². The van der Waals surface area contributed by atoms with Crippen LogP contribution in [-0.2, 0) is 12.7 Å². The first-order valence-corrected chi connectivity index (χ1v) is 5.48. The maximum Gasteiger partial charge on any atom is 0.416 e. The molecule has 1 aromatic heterocycles. The molecule has 0 aliphatic rings. The molecule has 0 saturated carbocycles. The molecule has 2 N–H and O–H groups in total. The Morgan fingerprint density at radius 2 is 1.62 bits per heavy atom. The number of rotatable bonds is 2. The van der Waals surface area contributed by atoms with Gasteiger partial charge < -0.3 is 0 Å². The lowest BCUT2D eigenvalue weighted by atomic mass is 10.1. The third-order valence-corrected chi connectivity index (χ3v) is 2.67. The number of alkyl halides is 3. The van der Waals surface area contributed by atoms with E-state index in [0.717, 1.165) is 12.1 Å². The average molecular weight is 305 g/mol. The second-order valence-corrected chi connectivity index (χ2v) is 4.04. The van der Waals surface area contributed by atoms with Crippen molar-refractivity contribution in [3.8, 4) is 0 Å². The summed E-state index contributed by atoms with van der Waals surface area (Å²) in [6.45, 7) is -0.966. The predicted molar refractivity (Wildman–Crippen MR) is 62.4 cm³/mol. The Bertz CT molecular complexity index is 813. The molecule has 0 unspecified atom stereocenters. The van der Waals surface area contributed by atoms with Crippen molar-refractivity contribution in [3.05, 3.63) is 66.6 Å². The van der Waals surface area contributed by atoms with Gasteiger partial charge in [-0.1, -0.05) is 6.07 Å². The SMILES string of the molecule is O=c1[nH]c(=O)n(Cc2c(F)cccc2C(F)(F)F)c(=O)[nH]1. The lowest BCUT2D eigenvalue weighted by molar-refractivity contribution is -0.138. The van der Waals surface area contributed by atoms with Crippen molar-refractivity contribution in [1.82, 2.24) is 14.5 Å². The number of nitrogens with zero attached hydrogens (tertiary/aromatic N) is 1. The van der Waals surface area contributed by atoms with Gasteiger partial charge in [0.2, 0.25) is 0 Å². The molecule has 0 radical (unpaired) electrons. The van der Waals surface area contributed by atoms with Crippen molar-refractivity contribution in [2.24, 2.45) is 0 Å². The van der Waals surface area contributed by atoms with E-state index in [2.05, 4.69) is 0 Å². The number of hydrogen-bond acceptors (Lipinski definition) is 3. The second kappa shape index (κ2) is 5.04. The summed E-state index contributed by atoms with van der Waals surface area (Å²) in [4.78, 5) is 37.0. The van der Waals surface area contributed by atoms with Gasteiger partial charge in [-0.15, -0.1) is 0 Å². The van der Waals surface area contributed by atoms with Gasteiger partial charge in [0.1, 0.15) is 5.82 Å². The van der Waals surface area contributed by atoms with E-state index in [1.807, 2.05) is 0 Å². The number of benzene rings is 1. The Labute approximate surface area is 112 Å². The van der Waals surface area contributed by atoms with Crippen molar-refractivity contribution in [2.75, 3.05) is 0 Å². The van der Waals surface area contributed by atoms with Crippen LogP contribution in [0.5, 0.6) is 0 Å². The topological polar surface area (TPSA) is 87.7 Å². The van der Waals surface area contributed by atoms with Crippen molar-refractivity contribution in [1.29, 1.82) is 0 Å². The Kier molecular flexibility index (Phi) is 3.54. The monoisotopic (exact) mass is 305 g/mol. The highest BCUT2D eigenvalue weighted by molar-refractivity contribution is 5.31.